The number of rotatable bonds is 21. The van der Waals surface area contributed by atoms with Crippen LogP contribution in [0.1, 0.15) is 72.3 Å². The van der Waals surface area contributed by atoms with Gasteiger partial charge in [-0.3, -0.25) is 0 Å². The molecule has 2 unspecified atom stereocenters. The first-order valence-electron chi connectivity index (χ1n) is 16.3. The zero-order chi connectivity index (χ0) is 36.6. The van der Waals surface area contributed by atoms with Gasteiger partial charge in [0.15, 0.2) is 33.3 Å². The Balaban J connectivity index is -0.0000000620. The van der Waals surface area contributed by atoms with E-state index < -0.39 is 67.5 Å². The van der Waals surface area contributed by atoms with Crippen LogP contribution < -0.4 is 16.8 Å². The molecule has 9 nitrogen and oxygen atoms in total. The Labute approximate surface area is 371 Å². The van der Waals surface area contributed by atoms with Gasteiger partial charge in [-0.1, -0.05) is 59.4 Å². The van der Waals surface area contributed by atoms with Crippen LogP contribution in [0.15, 0.2) is 0 Å². The Morgan fingerprint density at radius 2 is 0.642 bits per heavy atom. The van der Waals surface area contributed by atoms with E-state index in [9.17, 15) is 0 Å². The summed E-state index contributed by atoms with van der Waals surface area (Å²) in [5.74, 6) is 0. The maximum atomic E-state index is 6.63. The van der Waals surface area contributed by atoms with E-state index in [2.05, 4.69) is 160 Å². The maximum absolute atomic E-state index is 6.63. The minimum atomic E-state index is -2.23. The predicted molar refractivity (Wildman–Crippen MR) is 290 cm³/mol. The molecule has 0 bridgehead atoms. The SMILES string of the molecule is C.C.C.C.C.C.C.C.C[Si](C)(C)O[Si](C)(C)O[Si](C)(CCCN)O[Si](C)(C)C.C[Si](C)(C)O[Si](C)(C)O[Si](C)(CCCNCCN)O[Si](C)(C)C.II. The highest BCUT2D eigenvalue weighted by molar-refractivity contribution is 15.0. The summed E-state index contributed by atoms with van der Waals surface area (Å²) < 4.78 is 38.8. The van der Waals surface area contributed by atoms with Crippen molar-refractivity contribution >= 4 is 105 Å². The first kappa shape index (κ1) is 83.5. The van der Waals surface area contributed by atoms with Gasteiger partial charge >= 0.3 is 34.2 Å². The van der Waals surface area contributed by atoms with Crippen molar-refractivity contribution < 1.29 is 24.7 Å². The van der Waals surface area contributed by atoms with Crippen LogP contribution in [0.4, 0.5) is 0 Å². The summed E-state index contributed by atoms with van der Waals surface area (Å²) in [4.78, 5) is 0. The summed E-state index contributed by atoms with van der Waals surface area (Å²) in [5, 5.41) is 3.36. The molecule has 2 atom stereocenters. The molecule has 0 radical (unpaired) electrons. The van der Waals surface area contributed by atoms with Crippen molar-refractivity contribution in [3.8, 4) is 0 Å². The molecule has 0 aliphatic carbocycles. The molecule has 0 saturated carbocycles. The van der Waals surface area contributed by atoms with Crippen molar-refractivity contribution in [2.75, 3.05) is 26.2 Å². The van der Waals surface area contributed by atoms with Gasteiger partial charge in [0.25, 0.3) is 0 Å². The quantitative estimate of drug-likeness (QED) is 0.0586. The van der Waals surface area contributed by atoms with Gasteiger partial charge in [-0.2, -0.15) is 0 Å². The van der Waals surface area contributed by atoms with Crippen molar-refractivity contribution in [2.45, 2.75) is 202 Å². The van der Waals surface area contributed by atoms with E-state index in [-0.39, 0.29) is 59.4 Å². The molecule has 0 aromatic heterocycles. The summed E-state index contributed by atoms with van der Waals surface area (Å²) >= 11 is 4.24. The molecule has 0 aliphatic rings. The first-order valence-corrected chi connectivity index (χ1v) is 46.9. The average molecular weight is 1130 g/mol. The zero-order valence-electron chi connectivity index (χ0n) is 32.5. The molecule has 5 N–H and O–H groups in total. The maximum Gasteiger partial charge on any atom is 0.315 e. The van der Waals surface area contributed by atoms with Crippen LogP contribution in [0.3, 0.4) is 0 Å². The molecule has 0 fully saturated rings. The second-order valence-electron chi connectivity index (χ2n) is 16.7. The fraction of sp³-hybridized carbons (Fsp3) is 1.00. The highest BCUT2D eigenvalue weighted by Gasteiger charge is 2.45. The van der Waals surface area contributed by atoms with Crippen molar-refractivity contribution in [2.24, 2.45) is 11.5 Å². The van der Waals surface area contributed by atoms with Crippen LogP contribution in [0.2, 0.25) is 130 Å². The van der Waals surface area contributed by atoms with Crippen molar-refractivity contribution in [3.63, 3.8) is 0 Å². The monoisotopic (exact) mass is 1130 g/mol. The van der Waals surface area contributed by atoms with Crippen LogP contribution in [0.5, 0.6) is 0 Å². The molecule has 0 aromatic rings. The lowest BCUT2D eigenvalue weighted by Gasteiger charge is -2.41. The van der Waals surface area contributed by atoms with Crippen LogP contribution in [0.25, 0.3) is 0 Å². The number of hydrogen-bond acceptors (Lipinski definition) is 9. The van der Waals surface area contributed by atoms with Gasteiger partial charge in [-0.15, -0.1) is 0 Å². The highest BCUT2D eigenvalue weighted by Crippen LogP contribution is 2.29. The fourth-order valence-corrected chi connectivity index (χ4v) is 41.2. The third-order valence-electron chi connectivity index (χ3n) is 5.21. The zero-order valence-corrected chi connectivity index (χ0v) is 44.8. The van der Waals surface area contributed by atoms with Crippen LogP contribution in [-0.2, 0) is 24.7 Å². The van der Waals surface area contributed by atoms with E-state index in [1.54, 1.807) is 0 Å². The molecule has 0 spiro atoms. The van der Waals surface area contributed by atoms with Crippen molar-refractivity contribution in [1.29, 1.82) is 0 Å². The van der Waals surface area contributed by atoms with Crippen LogP contribution >= 0.6 is 37.2 Å². The molecule has 53 heavy (non-hydrogen) atoms. The summed E-state index contributed by atoms with van der Waals surface area (Å²) in [7, 11) is -15.2. The molecular weight excluding hydrogens is 1020 g/mol. The number of halogens is 2. The molecule has 340 valence electrons. The van der Waals surface area contributed by atoms with Gasteiger partial charge < -0.3 is 41.5 Å². The molecule has 0 amide bonds. The predicted octanol–water partition coefficient (Wildman–Crippen LogP) is 14.1. The van der Waals surface area contributed by atoms with Gasteiger partial charge in [0.1, 0.15) is 0 Å². The molecular formula is C34H107I2N3O6Si8. The molecule has 0 rings (SSSR count). The van der Waals surface area contributed by atoms with E-state index >= 15 is 0 Å². The largest absolute Gasteiger partial charge is 0.437 e. The highest BCUT2D eigenvalue weighted by atomic mass is 128. The molecule has 0 aromatic carbocycles. The van der Waals surface area contributed by atoms with E-state index in [0.29, 0.717) is 13.1 Å². The number of nitrogens with one attached hydrogen (secondary N) is 1. The summed E-state index contributed by atoms with van der Waals surface area (Å²) in [6, 6.07) is 1.96. The Kier molecular flexibility index (Phi) is 57.8. The molecule has 0 heterocycles. The Hall–Kier alpha value is 2.84. The summed E-state index contributed by atoms with van der Waals surface area (Å²) in [5.41, 5.74) is 11.2. The van der Waals surface area contributed by atoms with Gasteiger partial charge in [-0.25, -0.2) is 0 Å². The van der Waals surface area contributed by atoms with Crippen LogP contribution in [0, 0.1) is 0 Å². The van der Waals surface area contributed by atoms with Gasteiger partial charge in [0.2, 0.25) is 0 Å². The summed E-state index contributed by atoms with van der Waals surface area (Å²) in [6.45, 7) is 42.9. The third kappa shape index (κ3) is 57.0. The van der Waals surface area contributed by atoms with Gasteiger partial charge in [-0.05, 0) is 156 Å². The first-order chi connectivity index (χ1) is 19.9. The van der Waals surface area contributed by atoms with E-state index in [0.717, 1.165) is 38.0 Å². The Morgan fingerprint density at radius 1 is 0.377 bits per heavy atom. The van der Waals surface area contributed by atoms with Gasteiger partial charge in [0.05, 0.1) is 0 Å². The summed E-state index contributed by atoms with van der Waals surface area (Å²) in [6.07, 6.45) is 2.02. The molecule has 0 aliphatic heterocycles. The van der Waals surface area contributed by atoms with E-state index in [1.807, 2.05) is 0 Å². The molecule has 0 saturated heterocycles. The molecule has 19 heteroatoms. The topological polar surface area (TPSA) is 119 Å². The standard InChI is InChI=1S/C14H40N2O3Si4.C12H35NO3Si4.8CH4.I2/c1-20(2,3)17-22(7,8)19-23(9,18-21(4,5)6)14-10-12-16-13-11-15;1-17(2,3)14-19(7,8)16-20(9,12-10-11-13)15-18(4,5)6;;;;;;;;;1-2/h16H,10-15H2,1-9H3;10-13H2,1-9H3;8*1H4;. The average Bonchev–Trinajstić information content (AvgIpc) is 2.72. The van der Waals surface area contributed by atoms with Gasteiger partial charge in [0, 0.05) is 50.3 Å². The van der Waals surface area contributed by atoms with Crippen molar-refractivity contribution in [1.82, 2.24) is 5.32 Å². The fourth-order valence-electron chi connectivity index (χ4n) is 5.28. The third-order valence-corrected chi connectivity index (χ3v) is 32.3. The smallest absolute Gasteiger partial charge is 0.315 e. The lowest BCUT2D eigenvalue weighted by Crippen LogP contribution is -2.57. The minimum absolute atomic E-state index is 0. The second kappa shape index (κ2) is 36.7. The van der Waals surface area contributed by atoms with Crippen LogP contribution in [-0.4, -0.2) is 93.7 Å². The second-order valence-corrected chi connectivity index (χ2v) is 49.6. The number of hydrogen-bond donors (Lipinski definition) is 3. The van der Waals surface area contributed by atoms with E-state index in [1.165, 1.54) is 0 Å². The lowest BCUT2D eigenvalue weighted by atomic mass is 10.5. The Morgan fingerprint density at radius 3 is 0.868 bits per heavy atom. The minimum Gasteiger partial charge on any atom is -0.437 e. The van der Waals surface area contributed by atoms with E-state index in [4.69, 9.17) is 36.2 Å². The number of nitrogens with two attached hydrogens (primary N) is 2. The van der Waals surface area contributed by atoms with Crippen molar-refractivity contribution in [3.05, 3.63) is 0 Å². The normalized spacial score (nSPS) is 13.7. The Bertz CT molecular complexity index is 791. The lowest BCUT2D eigenvalue weighted by molar-refractivity contribution is 0.320.